The number of fused-ring (bicyclic) bond motifs is 4. The van der Waals surface area contributed by atoms with Gasteiger partial charge < -0.3 is 15.0 Å². The Hall–Kier alpha value is -3.45. The van der Waals surface area contributed by atoms with E-state index >= 15 is 0 Å². The van der Waals surface area contributed by atoms with Gasteiger partial charge in [0.15, 0.2) is 0 Å². The number of benzene rings is 2. The van der Waals surface area contributed by atoms with Crippen LogP contribution < -0.4 is 0 Å². The molecule has 0 aliphatic carbocycles. The summed E-state index contributed by atoms with van der Waals surface area (Å²) in [6, 6.07) is 12.3. The normalized spacial score (nSPS) is 18.3. The lowest BCUT2D eigenvalue weighted by molar-refractivity contribution is 0.0507. The number of nitrogens with one attached hydrogen (secondary N) is 1. The third kappa shape index (κ3) is 2.96. The number of imide groups is 1. The van der Waals surface area contributed by atoms with Crippen LogP contribution in [0.2, 0.25) is 0 Å². The van der Waals surface area contributed by atoms with Crippen molar-refractivity contribution < 1.29 is 19.5 Å². The summed E-state index contributed by atoms with van der Waals surface area (Å²) in [5.41, 5.74) is 3.33. The minimum absolute atomic E-state index is 0.162. The number of para-hydroxylation sites is 1. The number of aliphatic hydroxyl groups excluding tert-OH is 1. The summed E-state index contributed by atoms with van der Waals surface area (Å²) in [6.07, 6.45) is 0.543. The van der Waals surface area contributed by atoms with Crippen LogP contribution in [0.4, 0.5) is 0 Å². The molecule has 7 heteroatoms. The first-order valence-electron chi connectivity index (χ1n) is 10.7. The summed E-state index contributed by atoms with van der Waals surface area (Å²) >= 11 is 0. The summed E-state index contributed by atoms with van der Waals surface area (Å²) in [5.74, 6) is -1.00. The lowest BCUT2D eigenvalue weighted by atomic mass is 9.95. The van der Waals surface area contributed by atoms with Crippen LogP contribution in [0.25, 0.3) is 10.9 Å². The Morgan fingerprint density at radius 3 is 2.53 bits per heavy atom. The predicted molar refractivity (Wildman–Crippen MR) is 119 cm³/mol. The molecular formula is C25H25N3O4. The van der Waals surface area contributed by atoms with Gasteiger partial charge in [0.2, 0.25) is 0 Å². The largest absolute Gasteiger partial charge is 0.394 e. The zero-order valence-corrected chi connectivity index (χ0v) is 18.3. The van der Waals surface area contributed by atoms with Gasteiger partial charge in [0.25, 0.3) is 17.7 Å². The molecule has 5 rings (SSSR count). The van der Waals surface area contributed by atoms with Crippen LogP contribution in [0.15, 0.2) is 42.5 Å². The maximum atomic E-state index is 13.5. The number of amides is 3. The molecule has 0 radical (unpaired) electrons. The van der Waals surface area contributed by atoms with Crippen molar-refractivity contribution in [2.75, 3.05) is 6.61 Å². The Morgan fingerprint density at radius 1 is 1.09 bits per heavy atom. The number of rotatable bonds is 2. The Kier molecular flexibility index (Phi) is 4.49. The van der Waals surface area contributed by atoms with Gasteiger partial charge in [-0.1, -0.05) is 18.2 Å². The van der Waals surface area contributed by atoms with Gasteiger partial charge in [0, 0.05) is 27.7 Å². The number of aromatic amines is 1. The van der Waals surface area contributed by atoms with E-state index in [0.717, 1.165) is 22.2 Å². The first kappa shape index (κ1) is 20.5. The van der Waals surface area contributed by atoms with Crippen LogP contribution in [0, 0.1) is 0 Å². The van der Waals surface area contributed by atoms with Gasteiger partial charge in [0.05, 0.1) is 30.3 Å². The van der Waals surface area contributed by atoms with Gasteiger partial charge in [-0.25, -0.2) is 0 Å². The number of aromatic nitrogens is 1. The molecule has 7 nitrogen and oxygen atoms in total. The van der Waals surface area contributed by atoms with Crippen molar-refractivity contribution in [2.45, 2.75) is 45.3 Å². The summed E-state index contributed by atoms with van der Waals surface area (Å²) < 4.78 is 0. The summed E-state index contributed by atoms with van der Waals surface area (Å²) in [5, 5.41) is 11.1. The topological polar surface area (TPSA) is 93.7 Å². The van der Waals surface area contributed by atoms with Crippen molar-refractivity contribution >= 4 is 28.6 Å². The molecule has 2 aromatic carbocycles. The van der Waals surface area contributed by atoms with E-state index in [1.165, 1.54) is 11.0 Å². The number of hydrogen-bond donors (Lipinski definition) is 2. The maximum Gasteiger partial charge on any atom is 0.262 e. The van der Waals surface area contributed by atoms with Crippen molar-refractivity contribution in [2.24, 2.45) is 0 Å². The van der Waals surface area contributed by atoms with E-state index in [4.69, 9.17) is 0 Å². The zero-order chi connectivity index (χ0) is 22.8. The zero-order valence-electron chi connectivity index (χ0n) is 18.3. The second kappa shape index (κ2) is 7.03. The standard InChI is InChI=1S/C25H25N3O4/c1-25(2,3)28-23(31)17-9-8-14(10-19(17)24(28)32)22(30)27-12-21-18(11-15(27)13-29)16-6-4-5-7-20(16)26-21/h4-10,15,26,29H,11-13H2,1-3H3. The van der Waals surface area contributed by atoms with Crippen LogP contribution in [0.3, 0.4) is 0 Å². The molecular weight excluding hydrogens is 406 g/mol. The molecule has 32 heavy (non-hydrogen) atoms. The van der Waals surface area contributed by atoms with E-state index in [-0.39, 0.29) is 35.9 Å². The Labute approximate surface area is 185 Å². The third-order valence-corrected chi connectivity index (χ3v) is 6.39. The minimum Gasteiger partial charge on any atom is -0.394 e. The average molecular weight is 431 g/mol. The number of aliphatic hydroxyl groups is 1. The highest BCUT2D eigenvalue weighted by Crippen LogP contribution is 2.33. The number of carbonyl (C=O) groups excluding carboxylic acids is 3. The summed E-state index contributed by atoms with van der Waals surface area (Å²) in [7, 11) is 0. The van der Waals surface area contributed by atoms with Crippen molar-refractivity contribution in [1.29, 1.82) is 0 Å². The molecule has 0 saturated heterocycles. The molecule has 0 saturated carbocycles. The van der Waals surface area contributed by atoms with Gasteiger partial charge in [-0.2, -0.15) is 0 Å². The van der Waals surface area contributed by atoms with E-state index in [2.05, 4.69) is 4.98 Å². The molecule has 3 aromatic rings. The number of H-pyrrole nitrogens is 1. The Balaban J connectivity index is 1.49. The number of carbonyl (C=O) groups is 3. The fourth-order valence-corrected chi connectivity index (χ4v) is 4.82. The van der Waals surface area contributed by atoms with Crippen LogP contribution >= 0.6 is 0 Å². The average Bonchev–Trinajstić information content (AvgIpc) is 3.25. The molecule has 1 atom stereocenters. The fraction of sp³-hybridized carbons (Fsp3) is 0.320. The molecule has 3 amide bonds. The Bertz CT molecular complexity index is 1280. The fourth-order valence-electron chi connectivity index (χ4n) is 4.82. The van der Waals surface area contributed by atoms with E-state index in [9.17, 15) is 19.5 Å². The molecule has 2 aliphatic heterocycles. The highest BCUT2D eigenvalue weighted by atomic mass is 16.3. The highest BCUT2D eigenvalue weighted by Gasteiger charge is 2.42. The van der Waals surface area contributed by atoms with Crippen molar-refractivity contribution in [3.05, 3.63) is 70.4 Å². The van der Waals surface area contributed by atoms with Crippen molar-refractivity contribution in [3.8, 4) is 0 Å². The number of hydrogen-bond acceptors (Lipinski definition) is 4. The second-order valence-electron chi connectivity index (χ2n) is 9.48. The van der Waals surface area contributed by atoms with Crippen molar-refractivity contribution in [3.63, 3.8) is 0 Å². The molecule has 2 N–H and O–H groups in total. The molecule has 3 heterocycles. The smallest absolute Gasteiger partial charge is 0.262 e. The second-order valence-corrected chi connectivity index (χ2v) is 9.48. The quantitative estimate of drug-likeness (QED) is 0.610. The molecule has 1 unspecified atom stereocenters. The molecule has 0 fully saturated rings. The van der Waals surface area contributed by atoms with Gasteiger partial charge >= 0.3 is 0 Å². The Morgan fingerprint density at radius 2 is 1.81 bits per heavy atom. The van der Waals surface area contributed by atoms with Crippen LogP contribution in [0.5, 0.6) is 0 Å². The van der Waals surface area contributed by atoms with Crippen molar-refractivity contribution in [1.82, 2.24) is 14.8 Å². The van der Waals surface area contributed by atoms with Gasteiger partial charge in [0.1, 0.15) is 0 Å². The van der Waals surface area contributed by atoms with Gasteiger partial charge in [-0.3, -0.25) is 19.3 Å². The molecule has 2 aliphatic rings. The first-order valence-corrected chi connectivity index (χ1v) is 10.7. The van der Waals surface area contributed by atoms with E-state index in [0.29, 0.717) is 24.1 Å². The minimum atomic E-state index is -0.655. The lowest BCUT2D eigenvalue weighted by Gasteiger charge is -2.35. The third-order valence-electron chi connectivity index (χ3n) is 6.39. The molecule has 0 bridgehead atoms. The SMILES string of the molecule is CC(C)(C)N1C(=O)c2ccc(C(=O)N3Cc4[nH]c5ccccc5c4CC3CO)cc2C1=O. The molecule has 164 valence electrons. The van der Waals surface area contributed by atoms with Crippen LogP contribution in [-0.4, -0.2) is 55.8 Å². The van der Waals surface area contributed by atoms with Crippen LogP contribution in [-0.2, 0) is 13.0 Å². The highest BCUT2D eigenvalue weighted by molar-refractivity contribution is 6.22. The monoisotopic (exact) mass is 431 g/mol. The molecule has 1 aromatic heterocycles. The predicted octanol–water partition coefficient (Wildman–Crippen LogP) is 3.12. The van der Waals surface area contributed by atoms with E-state index < -0.39 is 5.54 Å². The van der Waals surface area contributed by atoms with Gasteiger partial charge in [-0.05, 0) is 57.0 Å². The first-order chi connectivity index (χ1) is 15.2. The maximum absolute atomic E-state index is 13.5. The van der Waals surface area contributed by atoms with E-state index in [1.807, 2.05) is 24.3 Å². The van der Waals surface area contributed by atoms with Gasteiger partial charge in [-0.15, -0.1) is 0 Å². The molecule has 0 spiro atoms. The summed E-state index contributed by atoms with van der Waals surface area (Å²) in [4.78, 5) is 45.4. The van der Waals surface area contributed by atoms with E-state index in [1.54, 1.807) is 37.8 Å². The lowest BCUT2D eigenvalue weighted by Crippen LogP contribution is -2.46. The summed E-state index contributed by atoms with van der Waals surface area (Å²) in [6.45, 7) is 5.59. The van der Waals surface area contributed by atoms with Crippen LogP contribution in [0.1, 0.15) is 63.1 Å². The number of nitrogens with zero attached hydrogens (tertiary/aromatic N) is 2.